The Morgan fingerprint density at radius 3 is 2.41 bits per heavy atom. The van der Waals surface area contributed by atoms with Crippen LogP contribution in [0.1, 0.15) is 23.6 Å². The van der Waals surface area contributed by atoms with E-state index in [1.165, 1.54) is 81.1 Å². The number of rotatable bonds is 9. The molecular weight excluding hydrogens is 588 g/mol. The third-order valence-corrected chi connectivity index (χ3v) is 8.84. The Hall–Kier alpha value is -5.61. The van der Waals surface area contributed by atoms with E-state index in [0.29, 0.717) is 10.1 Å². The highest BCUT2D eigenvalue weighted by molar-refractivity contribution is 7.93. The van der Waals surface area contributed by atoms with Gasteiger partial charge >= 0.3 is 6.09 Å². The lowest BCUT2D eigenvalue weighted by Crippen LogP contribution is -2.57. The summed E-state index contributed by atoms with van der Waals surface area (Å²) in [6.45, 7) is 1.78. The minimum Gasteiger partial charge on any atom is -0.497 e. The number of sulfonamides is 1. The molecule has 12 nitrogen and oxygen atoms in total. The number of ether oxygens (including phenoxy) is 3. The highest BCUT2D eigenvalue weighted by Crippen LogP contribution is 2.54. The third-order valence-electron chi connectivity index (χ3n) is 7.10. The summed E-state index contributed by atoms with van der Waals surface area (Å²) in [5, 5.41) is 20.6. The first-order valence-electron chi connectivity index (χ1n) is 13.2. The number of amides is 2. The summed E-state index contributed by atoms with van der Waals surface area (Å²) >= 11 is 0. The lowest BCUT2D eigenvalue weighted by atomic mass is 9.81. The topological polar surface area (TPSA) is 159 Å². The van der Waals surface area contributed by atoms with E-state index >= 15 is 4.79 Å². The first-order chi connectivity index (χ1) is 21.2. The second-order valence-electron chi connectivity index (χ2n) is 9.39. The molecule has 2 heterocycles. The maximum absolute atomic E-state index is 15.1. The molecule has 2 amide bonds. The van der Waals surface area contributed by atoms with Crippen LogP contribution in [0.5, 0.6) is 17.4 Å². The Balaban J connectivity index is 1.93. The Kier molecular flexibility index (Phi) is 7.86. The van der Waals surface area contributed by atoms with Gasteiger partial charge in [-0.3, -0.25) is 9.69 Å². The second kappa shape index (κ2) is 11.6. The maximum atomic E-state index is 15.1. The molecule has 1 aliphatic heterocycles. The zero-order valence-corrected chi connectivity index (χ0v) is 24.6. The largest absolute Gasteiger partial charge is 0.497 e. The molecule has 0 radical (unpaired) electrons. The fourth-order valence-electron chi connectivity index (χ4n) is 5.31. The number of pyridine rings is 1. The molecule has 0 saturated heterocycles. The zero-order valence-electron chi connectivity index (χ0n) is 23.8. The predicted molar refractivity (Wildman–Crippen MR) is 159 cm³/mol. The Morgan fingerprint density at radius 2 is 1.77 bits per heavy atom. The SMILES string of the molecule is CCOc1ncccc1[C@]1(N(C(=O)O)c2ccccc2)C(=O)N(S(=O)(=O)c2ccc(OC)cc2OC)c2ccc(C#N)cc21. The molecule has 0 spiro atoms. The number of hydrogen-bond acceptors (Lipinski definition) is 9. The summed E-state index contributed by atoms with van der Waals surface area (Å²) in [4.78, 5) is 33.1. The molecular formula is C31H26N4O8S. The molecule has 0 fully saturated rings. The van der Waals surface area contributed by atoms with Crippen LogP contribution in [0, 0.1) is 11.3 Å². The fraction of sp³-hybridized carbons (Fsp3) is 0.161. The number of aromatic nitrogens is 1. The van der Waals surface area contributed by atoms with Crippen LogP contribution in [0.4, 0.5) is 16.2 Å². The van der Waals surface area contributed by atoms with Gasteiger partial charge in [-0.05, 0) is 61.5 Å². The van der Waals surface area contributed by atoms with E-state index in [1.807, 2.05) is 6.07 Å². The van der Waals surface area contributed by atoms with Crippen LogP contribution in [-0.2, 0) is 20.4 Å². The zero-order chi connectivity index (χ0) is 31.6. The van der Waals surface area contributed by atoms with E-state index < -0.39 is 27.6 Å². The van der Waals surface area contributed by atoms with Gasteiger partial charge in [-0.2, -0.15) is 9.57 Å². The summed E-state index contributed by atoms with van der Waals surface area (Å²) in [7, 11) is -2.13. The van der Waals surface area contributed by atoms with Gasteiger partial charge < -0.3 is 19.3 Å². The summed E-state index contributed by atoms with van der Waals surface area (Å²) in [6, 6.07) is 20.6. The van der Waals surface area contributed by atoms with Crippen molar-refractivity contribution in [3.05, 3.63) is 102 Å². The molecule has 0 bridgehead atoms. The number of carbonyl (C=O) groups is 2. The van der Waals surface area contributed by atoms with Crippen LogP contribution < -0.4 is 23.4 Å². The summed E-state index contributed by atoms with van der Waals surface area (Å²) < 4.78 is 45.9. The molecule has 4 aromatic rings. The van der Waals surface area contributed by atoms with Crippen molar-refractivity contribution in [3.8, 4) is 23.4 Å². The van der Waals surface area contributed by atoms with Crippen molar-refractivity contribution in [1.29, 1.82) is 5.26 Å². The van der Waals surface area contributed by atoms with E-state index in [1.54, 1.807) is 25.1 Å². The average molecular weight is 615 g/mol. The number of nitriles is 1. The van der Waals surface area contributed by atoms with E-state index in [4.69, 9.17) is 14.2 Å². The number of benzene rings is 3. The van der Waals surface area contributed by atoms with Gasteiger partial charge in [0.05, 0.1) is 43.7 Å². The quantitative estimate of drug-likeness (QED) is 0.284. The highest BCUT2D eigenvalue weighted by atomic mass is 32.2. The van der Waals surface area contributed by atoms with Crippen molar-refractivity contribution >= 4 is 33.4 Å². The Labute approximate surface area is 253 Å². The standard InChI is InChI=1S/C31H26N4O8S/c1-4-43-28-23(11-8-16-33-28)31(34(30(37)38)21-9-6-5-7-10-21)24-17-20(19-32)12-14-25(24)35(29(31)36)44(39,40)27-15-13-22(41-2)18-26(27)42-3/h5-18H,4H2,1-3H3,(H,37,38)/t31-/m1/s1. The van der Waals surface area contributed by atoms with Gasteiger partial charge in [0.25, 0.3) is 15.9 Å². The van der Waals surface area contributed by atoms with Crippen LogP contribution in [0.15, 0.2) is 90.0 Å². The summed E-state index contributed by atoms with van der Waals surface area (Å²) in [5.74, 6) is -1.07. The maximum Gasteiger partial charge on any atom is 0.413 e. The Bertz CT molecular complexity index is 1910. The molecule has 0 unspecified atom stereocenters. The Morgan fingerprint density at radius 1 is 1.02 bits per heavy atom. The van der Waals surface area contributed by atoms with Crippen molar-refractivity contribution in [2.45, 2.75) is 17.4 Å². The fourth-order valence-corrected chi connectivity index (χ4v) is 6.91. The number of nitrogens with zero attached hydrogens (tertiary/aromatic N) is 4. The number of methoxy groups -OCH3 is 2. The molecule has 224 valence electrons. The number of anilines is 2. The third kappa shape index (κ3) is 4.52. The van der Waals surface area contributed by atoms with E-state index in [-0.39, 0.29) is 51.2 Å². The molecule has 1 aromatic heterocycles. The van der Waals surface area contributed by atoms with Crippen molar-refractivity contribution in [2.75, 3.05) is 30.0 Å². The molecule has 1 N–H and O–H groups in total. The van der Waals surface area contributed by atoms with Gasteiger partial charge in [0.1, 0.15) is 16.4 Å². The van der Waals surface area contributed by atoms with Crippen LogP contribution in [0.3, 0.4) is 0 Å². The van der Waals surface area contributed by atoms with E-state index in [0.717, 1.165) is 4.90 Å². The van der Waals surface area contributed by atoms with Gasteiger partial charge in [0.2, 0.25) is 5.88 Å². The minimum absolute atomic E-state index is 0.0474. The van der Waals surface area contributed by atoms with Gasteiger partial charge in [0.15, 0.2) is 5.54 Å². The lowest BCUT2D eigenvalue weighted by molar-refractivity contribution is -0.120. The van der Waals surface area contributed by atoms with Gasteiger partial charge in [0, 0.05) is 23.5 Å². The molecule has 1 atom stereocenters. The normalized spacial score (nSPS) is 15.7. The van der Waals surface area contributed by atoms with Crippen molar-refractivity contribution < 1.29 is 37.3 Å². The first-order valence-corrected chi connectivity index (χ1v) is 14.6. The first kappa shape index (κ1) is 29.9. The second-order valence-corrected chi connectivity index (χ2v) is 11.1. The van der Waals surface area contributed by atoms with Crippen molar-refractivity contribution in [1.82, 2.24) is 4.98 Å². The van der Waals surface area contributed by atoms with Gasteiger partial charge in [-0.25, -0.2) is 18.2 Å². The highest BCUT2D eigenvalue weighted by Gasteiger charge is 2.63. The number of para-hydroxylation sites is 1. The average Bonchev–Trinajstić information content (AvgIpc) is 3.29. The molecule has 44 heavy (non-hydrogen) atoms. The molecule has 0 aliphatic carbocycles. The van der Waals surface area contributed by atoms with Crippen LogP contribution in [0.2, 0.25) is 0 Å². The summed E-state index contributed by atoms with van der Waals surface area (Å²) in [6.07, 6.45) is -0.177. The van der Waals surface area contributed by atoms with Gasteiger partial charge in [-0.1, -0.05) is 18.2 Å². The predicted octanol–water partition coefficient (Wildman–Crippen LogP) is 4.53. The monoisotopic (exact) mass is 614 g/mol. The number of fused-ring (bicyclic) bond motifs is 1. The number of carbonyl (C=O) groups excluding carboxylic acids is 1. The lowest BCUT2D eigenvalue weighted by Gasteiger charge is -2.39. The number of carboxylic acid groups (broad SMARTS) is 1. The van der Waals surface area contributed by atoms with Crippen molar-refractivity contribution in [2.24, 2.45) is 0 Å². The van der Waals surface area contributed by atoms with Crippen LogP contribution in [-0.4, -0.2) is 51.3 Å². The van der Waals surface area contributed by atoms with Crippen LogP contribution >= 0.6 is 0 Å². The molecule has 0 saturated carbocycles. The molecule has 3 aromatic carbocycles. The van der Waals surface area contributed by atoms with E-state index in [9.17, 15) is 23.6 Å². The molecule has 1 aliphatic rings. The van der Waals surface area contributed by atoms with Crippen LogP contribution in [0.25, 0.3) is 0 Å². The summed E-state index contributed by atoms with van der Waals surface area (Å²) in [5.41, 5.74) is -2.61. The van der Waals surface area contributed by atoms with Gasteiger partial charge in [-0.15, -0.1) is 0 Å². The van der Waals surface area contributed by atoms with E-state index in [2.05, 4.69) is 4.98 Å². The molecule has 13 heteroatoms. The smallest absolute Gasteiger partial charge is 0.413 e. The number of hydrogen-bond donors (Lipinski definition) is 1. The van der Waals surface area contributed by atoms with Crippen molar-refractivity contribution in [3.63, 3.8) is 0 Å². The minimum atomic E-state index is -4.79. The molecule has 5 rings (SSSR count).